The predicted molar refractivity (Wildman–Crippen MR) is 361 cm³/mol. The highest BCUT2D eigenvalue weighted by atomic mass is 16.6. The van der Waals surface area contributed by atoms with E-state index in [1.807, 2.05) is 72.8 Å². The molecule has 6 aromatic carbocycles. The number of para-hydroxylation sites is 2. The first-order chi connectivity index (χ1) is 48.7. The SMILES string of the molecule is O=C(CC[C@@H]1NC(=O)c2ccccc2-n2cc(nn2)CNC(=O)[C@H](CCCCNC(=O)OCc2ccccc2)NC(=O)[C@H](CCC(=O)OCc2ccccc2)NC(=O)c2ccccc2-n2cc(nn2)CNC(=O)[C@H](CCCCNC(=O)OCc2ccccc2)NC1=O)OCc1ccccc1. The summed E-state index contributed by atoms with van der Waals surface area (Å²) in [4.78, 5) is 140. The molecular weight excluding hydrogens is 1280 g/mol. The summed E-state index contributed by atoms with van der Waals surface area (Å²) in [6.45, 7) is -0.213. The lowest BCUT2D eigenvalue weighted by atomic mass is 10.1. The largest absolute Gasteiger partial charge is 0.461 e. The van der Waals surface area contributed by atoms with Gasteiger partial charge in [0.05, 0.1) is 48.0 Å². The smallest absolute Gasteiger partial charge is 0.407 e. The van der Waals surface area contributed by atoms with Crippen LogP contribution in [0.2, 0.25) is 0 Å². The number of amides is 8. The van der Waals surface area contributed by atoms with E-state index in [0.29, 0.717) is 12.8 Å². The molecule has 4 atom stereocenters. The number of hydrogen-bond donors (Lipinski definition) is 8. The third-order valence-corrected chi connectivity index (χ3v) is 15.8. The highest BCUT2D eigenvalue weighted by molar-refractivity contribution is 6.02. The molecule has 0 saturated heterocycles. The second-order valence-electron chi connectivity index (χ2n) is 23.3. The molecule has 28 nitrogen and oxygen atoms in total. The predicted octanol–water partition coefficient (Wildman–Crippen LogP) is 6.20. The fourth-order valence-electron chi connectivity index (χ4n) is 10.4. The van der Waals surface area contributed by atoms with E-state index in [4.69, 9.17) is 18.9 Å². The molecule has 520 valence electrons. The summed E-state index contributed by atoms with van der Waals surface area (Å²) in [6.07, 6.45) is 1.64. The van der Waals surface area contributed by atoms with Crippen LogP contribution in [0.3, 0.4) is 0 Å². The van der Waals surface area contributed by atoms with Gasteiger partial charge in [-0.05, 0) is 97.9 Å². The normalized spacial score (nSPS) is 16.1. The number of nitrogens with zero attached hydrogens (tertiary/aromatic N) is 6. The van der Waals surface area contributed by atoms with Crippen molar-refractivity contribution in [3.63, 3.8) is 0 Å². The number of nitrogens with one attached hydrogen (secondary N) is 8. The first kappa shape index (κ1) is 72.2. The summed E-state index contributed by atoms with van der Waals surface area (Å²) >= 11 is 0. The van der Waals surface area contributed by atoms with E-state index >= 15 is 0 Å². The second kappa shape index (κ2) is 38.0. The molecule has 8 aromatic rings. The number of esters is 2. The van der Waals surface area contributed by atoms with Crippen molar-refractivity contribution in [2.24, 2.45) is 0 Å². The summed E-state index contributed by atoms with van der Waals surface area (Å²) in [5.41, 5.74) is 3.82. The van der Waals surface area contributed by atoms with Crippen LogP contribution in [0, 0.1) is 0 Å². The van der Waals surface area contributed by atoms with Crippen LogP contribution in [0.1, 0.15) is 119 Å². The Morgan fingerprint density at radius 3 is 1.09 bits per heavy atom. The summed E-state index contributed by atoms with van der Waals surface area (Å²) in [7, 11) is 0. The number of hydrogen-bond acceptors (Lipinski definition) is 18. The molecule has 28 heteroatoms. The number of ether oxygens (including phenoxy) is 4. The minimum absolute atomic E-state index is 0.00758. The van der Waals surface area contributed by atoms with Gasteiger partial charge in [0, 0.05) is 25.9 Å². The van der Waals surface area contributed by atoms with E-state index in [1.54, 1.807) is 84.9 Å². The fourth-order valence-corrected chi connectivity index (χ4v) is 10.4. The van der Waals surface area contributed by atoms with Gasteiger partial charge in [0.25, 0.3) is 11.8 Å². The number of aromatic nitrogens is 6. The Morgan fingerprint density at radius 2 is 0.720 bits per heavy atom. The lowest BCUT2D eigenvalue weighted by molar-refractivity contribution is -0.146. The number of carbonyl (C=O) groups excluding carboxylic acids is 10. The molecule has 8 N–H and O–H groups in total. The van der Waals surface area contributed by atoms with Gasteiger partial charge in [0.15, 0.2) is 0 Å². The van der Waals surface area contributed by atoms with Crippen molar-refractivity contribution in [1.29, 1.82) is 0 Å². The van der Waals surface area contributed by atoms with E-state index in [-0.39, 0.29) is 138 Å². The average Bonchev–Trinajstić information content (AvgIpc) is 1.52. The Hall–Kier alpha value is -12.1. The van der Waals surface area contributed by atoms with Crippen LogP contribution in [-0.4, -0.2) is 127 Å². The van der Waals surface area contributed by atoms with E-state index < -0.39 is 83.7 Å². The van der Waals surface area contributed by atoms with Crippen molar-refractivity contribution in [1.82, 2.24) is 72.5 Å². The van der Waals surface area contributed by atoms with E-state index in [0.717, 1.165) is 22.3 Å². The lowest BCUT2D eigenvalue weighted by Gasteiger charge is -2.23. The maximum atomic E-state index is 14.7. The maximum absolute atomic E-state index is 14.7. The van der Waals surface area contributed by atoms with Gasteiger partial charge in [0.1, 0.15) is 62.0 Å². The van der Waals surface area contributed by atoms with E-state index in [1.165, 1.54) is 33.9 Å². The monoisotopic (exact) mass is 1360 g/mol. The summed E-state index contributed by atoms with van der Waals surface area (Å²) in [5, 5.41) is 39.2. The van der Waals surface area contributed by atoms with Crippen molar-refractivity contribution in [3.05, 3.63) is 227 Å². The van der Waals surface area contributed by atoms with Gasteiger partial charge in [-0.3, -0.25) is 38.4 Å². The van der Waals surface area contributed by atoms with Gasteiger partial charge in [0.2, 0.25) is 23.6 Å². The van der Waals surface area contributed by atoms with Crippen LogP contribution in [0.25, 0.3) is 11.4 Å². The summed E-state index contributed by atoms with van der Waals surface area (Å²) in [6, 6.07) is 43.3. The van der Waals surface area contributed by atoms with Crippen LogP contribution < -0.4 is 42.5 Å². The highest BCUT2D eigenvalue weighted by Crippen LogP contribution is 2.19. The topological polar surface area (TPSA) is 365 Å². The first-order valence-electron chi connectivity index (χ1n) is 32.8. The zero-order chi connectivity index (χ0) is 70.3. The van der Waals surface area contributed by atoms with Crippen LogP contribution >= 0.6 is 0 Å². The quantitative estimate of drug-likeness (QED) is 0.0189. The zero-order valence-electron chi connectivity index (χ0n) is 54.8. The third kappa shape index (κ3) is 23.0. The second-order valence-corrected chi connectivity index (χ2v) is 23.3. The molecule has 0 spiro atoms. The standard InChI is InChI=1S/C72H78N14O14/c87-63(97-45-49-21-5-1-6-22-49)37-35-59-69(93)79-57(31-17-19-39-73-71(95)99-47-51-25-9-3-10-26-51)67(91)75-41-53-44-86(84-82-53)62-34-16-14-30-56(62)66(90)78-60(36-38-64(88)98-46-50-23-7-2-8-24-50)70(94)80-58(32-18-20-40-74-72(96)100-48-52-27-11-4-12-28-52)68(92)76-42-54-43-85(83-81-54)61-33-15-13-29-55(61)65(89)77-59/h1-16,21-30,33-34,43-44,57-60H,17-20,31-32,35-42,45-48H2,(H,73,95)(H,74,96)(H,75,91)(H,76,92)(H,77,89)(H,78,90)(H,79,93)(H,80,94)/t57-,58-,59-,60-/m0/s1. The van der Waals surface area contributed by atoms with Crippen molar-refractivity contribution >= 4 is 59.6 Å². The Bertz CT molecular complexity index is 3790. The molecule has 100 heavy (non-hydrogen) atoms. The number of fused-ring (bicyclic) bond motifs is 8. The van der Waals surface area contributed by atoms with Gasteiger partial charge in [-0.2, -0.15) is 0 Å². The first-order valence-corrected chi connectivity index (χ1v) is 32.8. The summed E-state index contributed by atoms with van der Waals surface area (Å²) < 4.78 is 24.4. The molecule has 9 rings (SSSR count). The molecule has 1 aliphatic heterocycles. The van der Waals surface area contributed by atoms with E-state index in [2.05, 4.69) is 63.2 Å². The van der Waals surface area contributed by atoms with Crippen molar-refractivity contribution < 1.29 is 66.9 Å². The molecule has 3 heterocycles. The van der Waals surface area contributed by atoms with Crippen molar-refractivity contribution in [3.8, 4) is 11.4 Å². The molecule has 2 aromatic heterocycles. The Labute approximate surface area is 576 Å². The summed E-state index contributed by atoms with van der Waals surface area (Å²) in [5.74, 6) is -5.90. The minimum atomic E-state index is -1.45. The third-order valence-electron chi connectivity index (χ3n) is 15.8. The molecule has 0 fully saturated rings. The molecule has 0 radical (unpaired) electrons. The van der Waals surface area contributed by atoms with Gasteiger partial charge in [-0.15, -0.1) is 10.2 Å². The number of alkyl carbamates (subject to hydrolysis) is 2. The molecule has 0 unspecified atom stereocenters. The molecule has 1 aliphatic rings. The maximum Gasteiger partial charge on any atom is 0.407 e. The minimum Gasteiger partial charge on any atom is -0.461 e. The Kier molecular flexibility index (Phi) is 27.4. The van der Waals surface area contributed by atoms with Crippen LogP contribution in [0.5, 0.6) is 0 Å². The lowest BCUT2D eigenvalue weighted by Crippen LogP contribution is -2.54. The Balaban J connectivity index is 0.980. The van der Waals surface area contributed by atoms with Crippen molar-refractivity contribution in [2.45, 2.75) is 128 Å². The molecule has 0 saturated carbocycles. The van der Waals surface area contributed by atoms with Crippen LogP contribution in [0.4, 0.5) is 9.59 Å². The van der Waals surface area contributed by atoms with Crippen LogP contribution in [-0.2, 0) is 87.2 Å². The molecule has 8 amide bonds. The van der Waals surface area contributed by atoms with Crippen molar-refractivity contribution in [2.75, 3.05) is 13.1 Å². The number of benzene rings is 6. The van der Waals surface area contributed by atoms with E-state index in [9.17, 15) is 47.9 Å². The van der Waals surface area contributed by atoms with Crippen LogP contribution in [0.15, 0.2) is 182 Å². The average molecular weight is 1360 g/mol. The number of carbonyl (C=O) groups is 10. The highest BCUT2D eigenvalue weighted by Gasteiger charge is 2.32. The van der Waals surface area contributed by atoms with Gasteiger partial charge >= 0.3 is 24.1 Å². The Morgan fingerprint density at radius 1 is 0.390 bits per heavy atom. The number of unbranched alkanes of at least 4 members (excludes halogenated alkanes) is 2. The number of rotatable bonds is 24. The molecule has 4 bridgehead atoms. The van der Waals surface area contributed by atoms with Gasteiger partial charge in [-0.25, -0.2) is 19.0 Å². The van der Waals surface area contributed by atoms with Gasteiger partial charge in [-0.1, -0.05) is 156 Å². The fraction of sp³-hybridized carbons (Fsp3) is 0.306. The molecular formula is C72H78N14O14. The van der Waals surface area contributed by atoms with Gasteiger partial charge < -0.3 is 61.5 Å². The molecule has 0 aliphatic carbocycles. The zero-order valence-corrected chi connectivity index (χ0v) is 54.8.